The van der Waals surface area contributed by atoms with Crippen molar-refractivity contribution in [1.82, 2.24) is 4.90 Å². The summed E-state index contributed by atoms with van der Waals surface area (Å²) in [7, 11) is 3.55. The van der Waals surface area contributed by atoms with Crippen molar-refractivity contribution >= 4 is 34.8 Å². The normalized spacial score (nSPS) is 16.1. The molecule has 0 N–H and O–H groups in total. The Balaban J connectivity index is 2.39. The van der Waals surface area contributed by atoms with Gasteiger partial charge in [0, 0.05) is 20.2 Å². The zero-order valence-corrected chi connectivity index (χ0v) is 13.4. The van der Waals surface area contributed by atoms with Gasteiger partial charge in [0.2, 0.25) is 0 Å². The van der Waals surface area contributed by atoms with Crippen LogP contribution in [0.3, 0.4) is 0 Å². The molecule has 0 atom stereocenters. The minimum atomic E-state index is -0.531. The van der Waals surface area contributed by atoms with Crippen molar-refractivity contribution in [2.45, 2.75) is 25.9 Å². The van der Waals surface area contributed by atoms with Gasteiger partial charge >= 0.3 is 0 Å². The molecule has 2 rings (SSSR count). The molecular formula is C14H16ClNO3S. The van der Waals surface area contributed by atoms with Crippen LogP contribution in [0.2, 0.25) is 5.02 Å². The van der Waals surface area contributed by atoms with Crippen molar-refractivity contribution in [1.29, 1.82) is 0 Å². The van der Waals surface area contributed by atoms with Gasteiger partial charge in [0.05, 0.1) is 17.0 Å². The lowest BCUT2D eigenvalue weighted by Gasteiger charge is -2.32. The molecule has 20 heavy (non-hydrogen) atoms. The number of ether oxygens (including phenoxy) is 2. The van der Waals surface area contributed by atoms with E-state index in [0.29, 0.717) is 28.5 Å². The van der Waals surface area contributed by atoms with Gasteiger partial charge in [-0.1, -0.05) is 11.6 Å². The van der Waals surface area contributed by atoms with E-state index >= 15 is 0 Å². The lowest BCUT2D eigenvalue weighted by atomic mass is 9.93. The third kappa shape index (κ3) is 3.04. The first-order valence-electron chi connectivity index (χ1n) is 6.14. The second-order valence-electron chi connectivity index (χ2n) is 5.50. The third-order valence-electron chi connectivity index (χ3n) is 2.87. The molecule has 0 radical (unpaired) electrons. The summed E-state index contributed by atoms with van der Waals surface area (Å²) in [6.07, 6.45) is 0.326. The summed E-state index contributed by atoms with van der Waals surface area (Å²) in [5.41, 5.74) is -0.0468. The molecule has 1 aliphatic rings. The van der Waals surface area contributed by atoms with Gasteiger partial charge in [-0.2, -0.15) is 0 Å². The molecule has 4 nitrogen and oxygen atoms in total. The Morgan fingerprint density at radius 3 is 2.70 bits per heavy atom. The van der Waals surface area contributed by atoms with Crippen molar-refractivity contribution < 1.29 is 14.3 Å². The Hall–Kier alpha value is -1.33. The fourth-order valence-electron chi connectivity index (χ4n) is 1.92. The van der Waals surface area contributed by atoms with Gasteiger partial charge in [-0.05, 0) is 32.1 Å². The van der Waals surface area contributed by atoms with Crippen molar-refractivity contribution in [3.63, 3.8) is 0 Å². The number of thiocarbonyl (C=S) groups is 1. The first-order valence-corrected chi connectivity index (χ1v) is 6.93. The van der Waals surface area contributed by atoms with Gasteiger partial charge in [-0.25, -0.2) is 0 Å². The minimum Gasteiger partial charge on any atom is -0.486 e. The highest BCUT2D eigenvalue weighted by molar-refractivity contribution is 7.80. The molecule has 6 heteroatoms. The molecule has 0 aliphatic carbocycles. The van der Waals surface area contributed by atoms with E-state index in [1.807, 2.05) is 13.8 Å². The first-order chi connectivity index (χ1) is 9.19. The number of benzene rings is 1. The topological polar surface area (TPSA) is 38.8 Å². The number of ketones is 1. The van der Waals surface area contributed by atoms with Crippen molar-refractivity contribution in [2.75, 3.05) is 14.1 Å². The number of fused-ring (bicyclic) bond motifs is 1. The molecular weight excluding hydrogens is 298 g/mol. The Kier molecular flexibility index (Phi) is 3.93. The highest BCUT2D eigenvalue weighted by Gasteiger charge is 2.33. The average molecular weight is 314 g/mol. The molecule has 0 aromatic heterocycles. The smallest absolute Gasteiger partial charge is 0.264 e. The molecule has 1 heterocycles. The number of hydrogen-bond donors (Lipinski definition) is 0. The van der Waals surface area contributed by atoms with E-state index in [9.17, 15) is 4.79 Å². The summed E-state index contributed by atoms with van der Waals surface area (Å²) < 4.78 is 11.3. The lowest BCUT2D eigenvalue weighted by molar-refractivity contribution is 0.0619. The van der Waals surface area contributed by atoms with Gasteiger partial charge < -0.3 is 14.4 Å². The van der Waals surface area contributed by atoms with E-state index in [1.165, 1.54) is 0 Å². The number of hydrogen-bond acceptors (Lipinski definition) is 4. The van der Waals surface area contributed by atoms with E-state index in [1.54, 1.807) is 31.1 Å². The molecule has 0 saturated carbocycles. The standard InChI is InChI=1S/C14H16ClNO3S/c1-14(2)7-10(17)8-5-9(15)12(6-11(8)19-14)18-13(20)16(3)4/h5-6H,7H2,1-4H3. The van der Waals surface area contributed by atoms with Gasteiger partial charge in [0.25, 0.3) is 5.17 Å². The van der Waals surface area contributed by atoms with Crippen LogP contribution in [0.1, 0.15) is 30.6 Å². The summed E-state index contributed by atoms with van der Waals surface area (Å²) in [5.74, 6) is 0.877. The van der Waals surface area contributed by atoms with Crippen LogP contribution in [-0.2, 0) is 0 Å². The average Bonchev–Trinajstić information content (AvgIpc) is 2.30. The number of carbonyl (C=O) groups excluding carboxylic acids is 1. The Bertz CT molecular complexity index is 584. The fourth-order valence-corrected chi connectivity index (χ4v) is 2.21. The first kappa shape index (κ1) is 15.1. The zero-order valence-electron chi connectivity index (χ0n) is 11.8. The van der Waals surface area contributed by atoms with Crippen molar-refractivity contribution in [3.8, 4) is 11.5 Å². The Labute approximate surface area is 128 Å². The van der Waals surface area contributed by atoms with Crippen LogP contribution in [0.4, 0.5) is 0 Å². The highest BCUT2D eigenvalue weighted by atomic mass is 35.5. The quantitative estimate of drug-likeness (QED) is 0.744. The maximum Gasteiger partial charge on any atom is 0.264 e. The summed E-state index contributed by atoms with van der Waals surface area (Å²) in [4.78, 5) is 13.7. The van der Waals surface area contributed by atoms with Crippen LogP contribution >= 0.6 is 23.8 Å². The molecule has 1 aromatic carbocycles. The van der Waals surface area contributed by atoms with E-state index in [4.69, 9.17) is 33.3 Å². The van der Waals surface area contributed by atoms with Gasteiger partial charge in [0.15, 0.2) is 11.5 Å². The van der Waals surface area contributed by atoms with Gasteiger partial charge in [-0.3, -0.25) is 4.79 Å². The van der Waals surface area contributed by atoms with Crippen LogP contribution in [0.5, 0.6) is 11.5 Å². The second kappa shape index (κ2) is 5.22. The molecule has 0 saturated heterocycles. The van der Waals surface area contributed by atoms with E-state index in [0.717, 1.165) is 0 Å². The van der Waals surface area contributed by atoms with Gasteiger partial charge in [0.1, 0.15) is 11.4 Å². The molecule has 1 aliphatic heterocycles. The Morgan fingerprint density at radius 1 is 1.45 bits per heavy atom. The van der Waals surface area contributed by atoms with Crippen molar-refractivity contribution in [2.24, 2.45) is 0 Å². The van der Waals surface area contributed by atoms with Crippen LogP contribution in [-0.4, -0.2) is 35.6 Å². The second-order valence-corrected chi connectivity index (χ2v) is 6.26. The van der Waals surface area contributed by atoms with E-state index in [2.05, 4.69) is 0 Å². The number of Topliss-reactive ketones (excluding diaryl/α,β-unsaturated/α-hetero) is 1. The Morgan fingerprint density at radius 2 is 2.10 bits per heavy atom. The largest absolute Gasteiger partial charge is 0.486 e. The van der Waals surface area contributed by atoms with Crippen molar-refractivity contribution in [3.05, 3.63) is 22.7 Å². The summed E-state index contributed by atoms with van der Waals surface area (Å²) in [6, 6.07) is 3.19. The third-order valence-corrected chi connectivity index (χ3v) is 3.61. The predicted molar refractivity (Wildman–Crippen MR) is 82.0 cm³/mol. The molecule has 0 amide bonds. The molecule has 108 valence electrons. The monoisotopic (exact) mass is 313 g/mol. The molecule has 0 spiro atoms. The highest BCUT2D eigenvalue weighted by Crippen LogP contribution is 2.39. The SMILES string of the molecule is CN(C)C(=S)Oc1cc2c(cc1Cl)C(=O)CC(C)(C)O2. The van der Waals surface area contributed by atoms with E-state index in [-0.39, 0.29) is 11.0 Å². The number of carbonyl (C=O) groups is 1. The fraction of sp³-hybridized carbons (Fsp3) is 0.429. The van der Waals surface area contributed by atoms with Crippen LogP contribution < -0.4 is 9.47 Å². The maximum absolute atomic E-state index is 12.1. The molecule has 0 bridgehead atoms. The summed E-state index contributed by atoms with van der Waals surface area (Å²) >= 11 is 11.2. The number of nitrogens with zero attached hydrogens (tertiary/aromatic N) is 1. The van der Waals surface area contributed by atoms with Crippen LogP contribution in [0.25, 0.3) is 0 Å². The molecule has 1 aromatic rings. The predicted octanol–water partition coefficient (Wildman–Crippen LogP) is 3.31. The summed E-state index contributed by atoms with van der Waals surface area (Å²) in [5, 5.41) is 0.623. The zero-order chi connectivity index (χ0) is 15.1. The van der Waals surface area contributed by atoms with Crippen LogP contribution in [0, 0.1) is 0 Å². The summed E-state index contributed by atoms with van der Waals surface area (Å²) in [6.45, 7) is 3.74. The molecule has 0 fully saturated rings. The van der Waals surface area contributed by atoms with E-state index < -0.39 is 5.60 Å². The lowest BCUT2D eigenvalue weighted by Crippen LogP contribution is -2.36. The minimum absolute atomic E-state index is 0.0138. The van der Waals surface area contributed by atoms with Crippen LogP contribution in [0.15, 0.2) is 12.1 Å². The van der Waals surface area contributed by atoms with Gasteiger partial charge in [-0.15, -0.1) is 0 Å². The number of halogens is 1. The number of rotatable bonds is 1. The maximum atomic E-state index is 12.1. The molecule has 0 unspecified atom stereocenters.